The average molecular weight is 251 g/mol. The summed E-state index contributed by atoms with van der Waals surface area (Å²) >= 11 is 2.06. The lowest BCUT2D eigenvalue weighted by molar-refractivity contribution is 0.636. The number of rotatable bonds is 2. The summed E-state index contributed by atoms with van der Waals surface area (Å²) in [6.07, 6.45) is 4.98. The number of hydrogen-bond donors (Lipinski definition) is 1. The van der Waals surface area contributed by atoms with Gasteiger partial charge in [0, 0.05) is 36.3 Å². The molecule has 1 aromatic heterocycles. The second-order valence-electron chi connectivity index (χ2n) is 5.05. The van der Waals surface area contributed by atoms with Gasteiger partial charge in [-0.2, -0.15) is 11.8 Å². The molecule has 0 aromatic carbocycles. The van der Waals surface area contributed by atoms with Gasteiger partial charge in [-0.05, 0) is 18.1 Å². The Bertz CT molecular complexity index is 379. The smallest absolute Gasteiger partial charge is 0.0598 e. The lowest BCUT2D eigenvalue weighted by Crippen LogP contribution is -2.28. The molecule has 4 heteroatoms. The normalized spacial score (nSPS) is 20.1. The molecule has 1 aliphatic rings. The number of nitrogens with zero attached hydrogens (tertiary/aromatic N) is 2. The van der Waals surface area contributed by atoms with E-state index in [-0.39, 0.29) is 0 Å². The van der Waals surface area contributed by atoms with E-state index in [2.05, 4.69) is 35.5 Å². The van der Waals surface area contributed by atoms with Crippen molar-refractivity contribution in [3.63, 3.8) is 0 Å². The number of hydrogen-bond acceptors (Lipinski definition) is 4. The van der Waals surface area contributed by atoms with E-state index in [1.165, 1.54) is 23.4 Å². The monoisotopic (exact) mass is 251 g/mol. The van der Waals surface area contributed by atoms with Crippen LogP contribution in [0.5, 0.6) is 0 Å². The van der Waals surface area contributed by atoms with Crippen LogP contribution in [0.2, 0.25) is 0 Å². The Morgan fingerprint density at radius 1 is 1.47 bits per heavy atom. The molecule has 0 spiro atoms. The lowest BCUT2D eigenvalue weighted by Gasteiger charge is -2.25. The van der Waals surface area contributed by atoms with E-state index in [0.717, 1.165) is 13.1 Å². The molecule has 2 heterocycles. The maximum atomic E-state index is 5.79. The maximum absolute atomic E-state index is 5.79. The minimum Gasteiger partial charge on any atom is -0.369 e. The van der Waals surface area contributed by atoms with Crippen molar-refractivity contribution in [2.45, 2.75) is 31.6 Å². The maximum Gasteiger partial charge on any atom is 0.0598 e. The molecular formula is C13H21N3S. The molecule has 1 aromatic rings. The van der Waals surface area contributed by atoms with Crippen molar-refractivity contribution in [1.82, 2.24) is 4.98 Å². The van der Waals surface area contributed by atoms with Crippen LogP contribution in [0, 0.1) is 0 Å². The van der Waals surface area contributed by atoms with Gasteiger partial charge in [0.2, 0.25) is 0 Å². The highest BCUT2D eigenvalue weighted by atomic mass is 32.2. The van der Waals surface area contributed by atoms with Gasteiger partial charge in [-0.25, -0.2) is 0 Å². The van der Waals surface area contributed by atoms with Gasteiger partial charge in [0.15, 0.2) is 0 Å². The molecule has 1 saturated heterocycles. The summed E-state index contributed by atoms with van der Waals surface area (Å²) < 4.78 is 0.389. The highest BCUT2D eigenvalue weighted by Crippen LogP contribution is 2.32. The second-order valence-corrected chi connectivity index (χ2v) is 6.86. The SMILES string of the molecule is CC1(C)CCN(c2cnccc2CN)CCS1. The zero-order valence-electron chi connectivity index (χ0n) is 10.6. The molecule has 2 N–H and O–H groups in total. The Labute approximate surface area is 108 Å². The van der Waals surface area contributed by atoms with Crippen LogP contribution in [0.1, 0.15) is 25.8 Å². The van der Waals surface area contributed by atoms with E-state index in [9.17, 15) is 0 Å². The van der Waals surface area contributed by atoms with Gasteiger partial charge >= 0.3 is 0 Å². The van der Waals surface area contributed by atoms with Crippen LogP contribution in [0.3, 0.4) is 0 Å². The fraction of sp³-hybridized carbons (Fsp3) is 0.615. The fourth-order valence-corrected chi connectivity index (χ4v) is 3.23. The molecule has 0 aliphatic carbocycles. The van der Waals surface area contributed by atoms with Gasteiger partial charge in [0.05, 0.1) is 11.9 Å². The predicted octanol–water partition coefficient (Wildman–Crippen LogP) is 2.26. The first-order valence-electron chi connectivity index (χ1n) is 6.14. The van der Waals surface area contributed by atoms with E-state index >= 15 is 0 Å². The Balaban J connectivity index is 2.17. The highest BCUT2D eigenvalue weighted by Gasteiger charge is 2.24. The van der Waals surface area contributed by atoms with Crippen LogP contribution < -0.4 is 10.6 Å². The van der Waals surface area contributed by atoms with Crippen molar-refractivity contribution in [2.24, 2.45) is 5.73 Å². The summed E-state index contributed by atoms with van der Waals surface area (Å²) in [7, 11) is 0. The van der Waals surface area contributed by atoms with Crippen LogP contribution in [-0.2, 0) is 6.54 Å². The molecule has 3 nitrogen and oxygen atoms in total. The summed E-state index contributed by atoms with van der Waals surface area (Å²) in [5.41, 5.74) is 8.20. The summed E-state index contributed by atoms with van der Waals surface area (Å²) in [6, 6.07) is 2.03. The average Bonchev–Trinajstić information content (AvgIpc) is 2.50. The predicted molar refractivity (Wildman–Crippen MR) is 75.5 cm³/mol. The van der Waals surface area contributed by atoms with Crippen LogP contribution >= 0.6 is 11.8 Å². The Morgan fingerprint density at radius 3 is 3.06 bits per heavy atom. The van der Waals surface area contributed by atoms with E-state index in [1.54, 1.807) is 0 Å². The molecule has 0 saturated carbocycles. The minimum atomic E-state index is 0.389. The Morgan fingerprint density at radius 2 is 2.29 bits per heavy atom. The molecule has 2 rings (SSSR count). The third-order valence-corrected chi connectivity index (χ3v) is 4.66. The van der Waals surface area contributed by atoms with Crippen LogP contribution in [0.4, 0.5) is 5.69 Å². The van der Waals surface area contributed by atoms with Crippen molar-refractivity contribution in [2.75, 3.05) is 23.7 Å². The molecule has 17 heavy (non-hydrogen) atoms. The molecule has 1 fully saturated rings. The van der Waals surface area contributed by atoms with E-state index < -0.39 is 0 Å². The number of thioether (sulfide) groups is 1. The van der Waals surface area contributed by atoms with Gasteiger partial charge < -0.3 is 10.6 Å². The molecule has 94 valence electrons. The standard InChI is InChI=1S/C13H21N3S/c1-13(2)4-6-16(7-8-17-13)12-10-15-5-3-11(12)9-14/h3,5,10H,4,6-9,14H2,1-2H3. The van der Waals surface area contributed by atoms with E-state index in [1.807, 2.05) is 18.5 Å². The Hall–Kier alpha value is -0.740. The number of aromatic nitrogens is 1. The van der Waals surface area contributed by atoms with Crippen LogP contribution in [-0.4, -0.2) is 28.6 Å². The lowest BCUT2D eigenvalue weighted by atomic mass is 10.1. The van der Waals surface area contributed by atoms with E-state index in [0.29, 0.717) is 11.3 Å². The van der Waals surface area contributed by atoms with Gasteiger partial charge in [-0.3, -0.25) is 4.98 Å². The van der Waals surface area contributed by atoms with Crippen molar-refractivity contribution < 1.29 is 0 Å². The molecule has 0 unspecified atom stereocenters. The summed E-state index contributed by atoms with van der Waals surface area (Å²) in [4.78, 5) is 6.66. The molecule has 0 atom stereocenters. The Kier molecular flexibility index (Phi) is 3.94. The van der Waals surface area contributed by atoms with Crippen LogP contribution in [0.25, 0.3) is 0 Å². The first-order chi connectivity index (χ1) is 8.12. The third-order valence-electron chi connectivity index (χ3n) is 3.29. The minimum absolute atomic E-state index is 0.389. The van der Waals surface area contributed by atoms with Crippen molar-refractivity contribution in [3.8, 4) is 0 Å². The number of pyridine rings is 1. The molecule has 0 radical (unpaired) electrons. The van der Waals surface area contributed by atoms with Crippen molar-refractivity contribution in [3.05, 3.63) is 24.0 Å². The molecule has 0 bridgehead atoms. The number of anilines is 1. The first-order valence-corrected chi connectivity index (χ1v) is 7.13. The van der Waals surface area contributed by atoms with Gasteiger partial charge in [0.25, 0.3) is 0 Å². The highest BCUT2D eigenvalue weighted by molar-refractivity contribution is 8.00. The van der Waals surface area contributed by atoms with Gasteiger partial charge in [-0.1, -0.05) is 13.8 Å². The van der Waals surface area contributed by atoms with Crippen molar-refractivity contribution >= 4 is 17.4 Å². The fourth-order valence-electron chi connectivity index (χ4n) is 2.13. The summed E-state index contributed by atoms with van der Waals surface area (Å²) in [5, 5.41) is 0. The van der Waals surface area contributed by atoms with Crippen LogP contribution in [0.15, 0.2) is 18.5 Å². The third kappa shape index (κ3) is 3.13. The quantitative estimate of drug-likeness (QED) is 0.875. The van der Waals surface area contributed by atoms with Gasteiger partial charge in [0.1, 0.15) is 0 Å². The molecule has 0 amide bonds. The topological polar surface area (TPSA) is 42.2 Å². The number of nitrogens with two attached hydrogens (primary N) is 1. The van der Waals surface area contributed by atoms with E-state index in [4.69, 9.17) is 5.73 Å². The van der Waals surface area contributed by atoms with Gasteiger partial charge in [-0.15, -0.1) is 0 Å². The van der Waals surface area contributed by atoms with Crippen molar-refractivity contribution in [1.29, 1.82) is 0 Å². The first kappa shape index (κ1) is 12.7. The molecule has 1 aliphatic heterocycles. The summed E-state index contributed by atoms with van der Waals surface area (Å²) in [5.74, 6) is 1.17. The zero-order chi connectivity index (χ0) is 12.3. The summed E-state index contributed by atoms with van der Waals surface area (Å²) in [6.45, 7) is 7.43. The largest absolute Gasteiger partial charge is 0.369 e. The molecular weight excluding hydrogens is 230 g/mol. The zero-order valence-corrected chi connectivity index (χ0v) is 11.5. The second kappa shape index (κ2) is 5.27.